The van der Waals surface area contributed by atoms with Gasteiger partial charge in [0.1, 0.15) is 0 Å². The van der Waals surface area contributed by atoms with Crippen molar-refractivity contribution >= 4 is 15.9 Å². The van der Waals surface area contributed by atoms with Gasteiger partial charge >= 0.3 is 0 Å². The van der Waals surface area contributed by atoms with Gasteiger partial charge in [-0.2, -0.15) is 0 Å². The second kappa shape index (κ2) is 7.08. The summed E-state index contributed by atoms with van der Waals surface area (Å²) in [4.78, 5) is 4.83. The molecule has 0 bridgehead atoms. The second-order valence-corrected chi connectivity index (χ2v) is 6.59. The SMILES string of the molecule is Brc1nc(-c2ccccc2)c(-c2ccccc2)n1Cc1ccccc1. The molecule has 0 aliphatic heterocycles. The number of hydrogen-bond donors (Lipinski definition) is 0. The van der Waals surface area contributed by atoms with E-state index in [1.54, 1.807) is 0 Å². The van der Waals surface area contributed by atoms with Crippen molar-refractivity contribution in [2.45, 2.75) is 6.54 Å². The van der Waals surface area contributed by atoms with Gasteiger partial charge in [0, 0.05) is 11.1 Å². The first-order chi connectivity index (χ1) is 12.3. The first-order valence-electron chi connectivity index (χ1n) is 8.24. The van der Waals surface area contributed by atoms with Gasteiger partial charge in [-0.1, -0.05) is 91.0 Å². The first kappa shape index (κ1) is 15.9. The van der Waals surface area contributed by atoms with Crippen molar-refractivity contribution in [1.82, 2.24) is 9.55 Å². The van der Waals surface area contributed by atoms with E-state index in [1.165, 1.54) is 5.56 Å². The minimum Gasteiger partial charge on any atom is -0.314 e. The zero-order valence-corrected chi connectivity index (χ0v) is 15.2. The van der Waals surface area contributed by atoms with E-state index in [9.17, 15) is 0 Å². The van der Waals surface area contributed by atoms with E-state index in [1.807, 2.05) is 30.3 Å². The molecule has 3 heteroatoms. The molecule has 0 aliphatic carbocycles. The van der Waals surface area contributed by atoms with Crippen molar-refractivity contribution in [1.29, 1.82) is 0 Å². The van der Waals surface area contributed by atoms with Crippen LogP contribution < -0.4 is 0 Å². The summed E-state index contributed by atoms with van der Waals surface area (Å²) in [6.45, 7) is 0.769. The molecule has 0 atom stereocenters. The zero-order chi connectivity index (χ0) is 17.1. The summed E-state index contributed by atoms with van der Waals surface area (Å²) in [6.07, 6.45) is 0. The van der Waals surface area contributed by atoms with Crippen LogP contribution in [0.1, 0.15) is 5.56 Å². The van der Waals surface area contributed by atoms with Crippen molar-refractivity contribution in [2.75, 3.05) is 0 Å². The molecule has 0 saturated carbocycles. The maximum absolute atomic E-state index is 4.83. The smallest absolute Gasteiger partial charge is 0.178 e. The fourth-order valence-electron chi connectivity index (χ4n) is 3.02. The number of nitrogens with zero attached hydrogens (tertiary/aromatic N) is 2. The van der Waals surface area contributed by atoms with Crippen LogP contribution in [0.3, 0.4) is 0 Å². The third-order valence-corrected chi connectivity index (χ3v) is 4.80. The van der Waals surface area contributed by atoms with Gasteiger partial charge in [-0.15, -0.1) is 0 Å². The Morgan fingerprint density at radius 3 is 1.80 bits per heavy atom. The van der Waals surface area contributed by atoms with Crippen molar-refractivity contribution in [2.24, 2.45) is 0 Å². The van der Waals surface area contributed by atoms with Gasteiger partial charge in [-0.05, 0) is 21.5 Å². The van der Waals surface area contributed by atoms with E-state index < -0.39 is 0 Å². The van der Waals surface area contributed by atoms with Gasteiger partial charge in [0.2, 0.25) is 0 Å². The Bertz CT molecular complexity index is 961. The van der Waals surface area contributed by atoms with E-state index in [4.69, 9.17) is 4.98 Å². The highest BCUT2D eigenvalue weighted by Gasteiger charge is 2.18. The topological polar surface area (TPSA) is 17.8 Å². The summed E-state index contributed by atoms with van der Waals surface area (Å²) < 4.78 is 3.07. The molecule has 0 saturated heterocycles. The standard InChI is InChI=1S/C22H17BrN2/c23-22-24-20(18-12-6-2-7-13-18)21(19-14-8-3-9-15-19)25(22)16-17-10-4-1-5-11-17/h1-15H,16H2. The molecule has 0 aliphatic rings. The van der Waals surface area contributed by atoms with Crippen molar-refractivity contribution < 1.29 is 0 Å². The van der Waals surface area contributed by atoms with Crippen LogP contribution in [0.25, 0.3) is 22.5 Å². The zero-order valence-electron chi connectivity index (χ0n) is 13.6. The average molecular weight is 389 g/mol. The molecule has 2 nitrogen and oxygen atoms in total. The summed E-state index contributed by atoms with van der Waals surface area (Å²) in [5.74, 6) is 0. The summed E-state index contributed by atoms with van der Waals surface area (Å²) in [5, 5.41) is 0. The summed E-state index contributed by atoms with van der Waals surface area (Å²) in [5.41, 5.74) is 5.65. The van der Waals surface area contributed by atoms with E-state index in [2.05, 4.69) is 81.2 Å². The number of hydrogen-bond acceptors (Lipinski definition) is 1. The Kier molecular flexibility index (Phi) is 4.49. The Balaban J connectivity index is 1.90. The van der Waals surface area contributed by atoms with Crippen LogP contribution in [0.15, 0.2) is 95.7 Å². The number of aromatic nitrogens is 2. The monoisotopic (exact) mass is 388 g/mol. The van der Waals surface area contributed by atoms with Crippen molar-refractivity contribution in [3.05, 3.63) is 101 Å². The first-order valence-corrected chi connectivity index (χ1v) is 9.03. The molecule has 0 unspecified atom stereocenters. The molecule has 0 amide bonds. The lowest BCUT2D eigenvalue weighted by Crippen LogP contribution is -2.02. The third kappa shape index (κ3) is 3.28. The normalized spacial score (nSPS) is 10.8. The molecule has 1 aromatic heterocycles. The molecule has 4 aromatic rings. The van der Waals surface area contributed by atoms with Crippen LogP contribution in [0.5, 0.6) is 0 Å². The van der Waals surface area contributed by atoms with Gasteiger partial charge in [0.25, 0.3) is 0 Å². The average Bonchev–Trinajstić information content (AvgIpc) is 3.00. The molecule has 1 heterocycles. The van der Waals surface area contributed by atoms with E-state index >= 15 is 0 Å². The van der Waals surface area contributed by atoms with E-state index in [-0.39, 0.29) is 0 Å². The molecule has 25 heavy (non-hydrogen) atoms. The predicted molar refractivity (Wildman–Crippen MR) is 106 cm³/mol. The fraction of sp³-hybridized carbons (Fsp3) is 0.0455. The molecule has 4 rings (SSSR count). The molecule has 0 spiro atoms. The largest absolute Gasteiger partial charge is 0.314 e. The Morgan fingerprint density at radius 2 is 1.20 bits per heavy atom. The van der Waals surface area contributed by atoms with Crippen LogP contribution in [0.2, 0.25) is 0 Å². The predicted octanol–water partition coefficient (Wildman–Crippen LogP) is 6.03. The van der Waals surface area contributed by atoms with Crippen LogP contribution in [0.4, 0.5) is 0 Å². The lowest BCUT2D eigenvalue weighted by molar-refractivity contribution is 0.782. The van der Waals surface area contributed by atoms with Gasteiger partial charge in [0.15, 0.2) is 4.73 Å². The fourth-order valence-corrected chi connectivity index (χ4v) is 3.50. The van der Waals surface area contributed by atoms with E-state index in [0.717, 1.165) is 33.8 Å². The van der Waals surface area contributed by atoms with Crippen LogP contribution in [-0.4, -0.2) is 9.55 Å². The molecule has 0 fully saturated rings. The van der Waals surface area contributed by atoms with E-state index in [0.29, 0.717) is 0 Å². The lowest BCUT2D eigenvalue weighted by atomic mass is 10.0. The second-order valence-electron chi connectivity index (χ2n) is 5.88. The quantitative estimate of drug-likeness (QED) is 0.417. The summed E-state index contributed by atoms with van der Waals surface area (Å²) in [7, 11) is 0. The molecular formula is C22H17BrN2. The highest BCUT2D eigenvalue weighted by atomic mass is 79.9. The van der Waals surface area contributed by atoms with Crippen molar-refractivity contribution in [3.8, 4) is 22.5 Å². The number of imidazole rings is 1. The maximum Gasteiger partial charge on any atom is 0.178 e. The van der Waals surface area contributed by atoms with Gasteiger partial charge in [-0.25, -0.2) is 4.98 Å². The molecule has 0 N–H and O–H groups in total. The minimum atomic E-state index is 0.769. The van der Waals surface area contributed by atoms with Crippen LogP contribution in [0, 0.1) is 0 Å². The van der Waals surface area contributed by atoms with Crippen LogP contribution in [-0.2, 0) is 6.54 Å². The summed E-state index contributed by atoms with van der Waals surface area (Å²) in [6, 6.07) is 31.3. The van der Waals surface area contributed by atoms with Crippen molar-refractivity contribution in [3.63, 3.8) is 0 Å². The number of benzene rings is 3. The number of rotatable bonds is 4. The summed E-state index contributed by atoms with van der Waals surface area (Å²) >= 11 is 3.67. The maximum atomic E-state index is 4.83. The Hall–Kier alpha value is -2.65. The van der Waals surface area contributed by atoms with Gasteiger partial charge in [-0.3, -0.25) is 0 Å². The molecule has 3 aromatic carbocycles. The Morgan fingerprint density at radius 1 is 0.680 bits per heavy atom. The van der Waals surface area contributed by atoms with Gasteiger partial charge in [0.05, 0.1) is 17.9 Å². The lowest BCUT2D eigenvalue weighted by Gasteiger charge is -2.12. The molecule has 0 radical (unpaired) electrons. The third-order valence-electron chi connectivity index (χ3n) is 4.20. The number of halogens is 1. The highest BCUT2D eigenvalue weighted by molar-refractivity contribution is 9.10. The molecule has 122 valence electrons. The highest BCUT2D eigenvalue weighted by Crippen LogP contribution is 2.35. The van der Waals surface area contributed by atoms with Crippen LogP contribution >= 0.6 is 15.9 Å². The Labute approximate surface area is 155 Å². The minimum absolute atomic E-state index is 0.769. The molecular weight excluding hydrogens is 372 g/mol. The van der Waals surface area contributed by atoms with Gasteiger partial charge < -0.3 is 4.57 Å².